The molecule has 10 nitrogen and oxygen atoms in total. The molecule has 0 saturated carbocycles. The third-order valence-corrected chi connectivity index (χ3v) is 4.81. The molecule has 1 aromatic carbocycles. The molecule has 3 aromatic rings. The van der Waals surface area contributed by atoms with Gasteiger partial charge >= 0.3 is 7.60 Å². The van der Waals surface area contributed by atoms with Crippen molar-refractivity contribution in [2.75, 3.05) is 7.11 Å². The third-order valence-electron chi connectivity index (χ3n) is 3.71. The molecule has 1 atom stereocenters. The molecule has 0 aliphatic rings. The number of ether oxygens (including phenoxy) is 1. The first-order chi connectivity index (χ1) is 13.4. The maximum absolute atomic E-state index is 12.7. The van der Waals surface area contributed by atoms with Crippen LogP contribution in [0.15, 0.2) is 54.9 Å². The average Bonchev–Trinajstić information content (AvgIpc) is 2.71. The smallest absolute Gasteiger partial charge is 0.352 e. The second kappa shape index (κ2) is 8.22. The minimum atomic E-state index is -4.68. The Morgan fingerprint density at radius 3 is 2.54 bits per heavy atom. The lowest BCUT2D eigenvalue weighted by atomic mass is 10.2. The molecule has 1 unspecified atom stereocenters. The zero-order valence-electron chi connectivity index (χ0n) is 14.6. The molecule has 2 heterocycles. The quantitative estimate of drug-likeness (QED) is 0.523. The van der Waals surface area contributed by atoms with E-state index in [1.165, 1.54) is 31.6 Å². The van der Waals surface area contributed by atoms with Crippen LogP contribution in [0.5, 0.6) is 5.88 Å². The fourth-order valence-electron chi connectivity index (χ4n) is 2.42. The molecule has 3 rings (SSSR count). The first-order valence-electron chi connectivity index (χ1n) is 8.00. The molecule has 28 heavy (non-hydrogen) atoms. The number of benzene rings is 1. The predicted octanol–water partition coefficient (Wildman–Crippen LogP) is 1.55. The van der Waals surface area contributed by atoms with Crippen LogP contribution in [-0.2, 0) is 4.57 Å². The zero-order valence-corrected chi connectivity index (χ0v) is 15.5. The molecule has 1 amide bonds. The minimum Gasteiger partial charge on any atom is -0.480 e. The topological polar surface area (TPSA) is 147 Å². The summed E-state index contributed by atoms with van der Waals surface area (Å²) in [6.07, 6.45) is 2.70. The maximum atomic E-state index is 12.7. The van der Waals surface area contributed by atoms with Gasteiger partial charge in [-0.25, -0.2) is 4.98 Å². The van der Waals surface area contributed by atoms with Gasteiger partial charge in [0, 0.05) is 12.4 Å². The highest BCUT2D eigenvalue weighted by atomic mass is 31.2. The van der Waals surface area contributed by atoms with Gasteiger partial charge in [-0.2, -0.15) is 10.1 Å². The van der Waals surface area contributed by atoms with E-state index >= 15 is 0 Å². The van der Waals surface area contributed by atoms with Crippen molar-refractivity contribution in [1.82, 2.24) is 25.5 Å². The number of aromatic nitrogens is 4. The van der Waals surface area contributed by atoms with Crippen LogP contribution in [0, 0.1) is 0 Å². The highest BCUT2D eigenvalue weighted by Crippen LogP contribution is 2.50. The first-order valence-corrected chi connectivity index (χ1v) is 9.68. The van der Waals surface area contributed by atoms with Crippen molar-refractivity contribution in [2.24, 2.45) is 0 Å². The summed E-state index contributed by atoms with van der Waals surface area (Å²) in [5.74, 6) is -2.19. The largest absolute Gasteiger partial charge is 0.480 e. The summed E-state index contributed by atoms with van der Waals surface area (Å²) in [5.41, 5.74) is 0.565. The van der Waals surface area contributed by atoms with Gasteiger partial charge in [0.15, 0.2) is 11.6 Å². The van der Waals surface area contributed by atoms with Crippen molar-refractivity contribution < 1.29 is 23.9 Å². The Labute approximate surface area is 159 Å². The molecule has 2 aromatic heterocycles. The van der Waals surface area contributed by atoms with Crippen molar-refractivity contribution in [3.63, 3.8) is 0 Å². The van der Waals surface area contributed by atoms with Crippen LogP contribution in [0.2, 0.25) is 0 Å². The summed E-state index contributed by atoms with van der Waals surface area (Å²) in [6.45, 7) is 0. The second-order valence-electron chi connectivity index (χ2n) is 5.60. The van der Waals surface area contributed by atoms with Crippen LogP contribution >= 0.6 is 7.60 Å². The summed E-state index contributed by atoms with van der Waals surface area (Å²) in [4.78, 5) is 40.2. The third kappa shape index (κ3) is 4.37. The van der Waals surface area contributed by atoms with E-state index in [9.17, 15) is 19.1 Å². The molecule has 11 heteroatoms. The van der Waals surface area contributed by atoms with Crippen molar-refractivity contribution in [1.29, 1.82) is 0 Å². The number of carbonyl (C=O) groups is 1. The number of carbonyl (C=O) groups excluding carboxylic acids is 1. The maximum Gasteiger partial charge on any atom is 0.352 e. The number of nitrogens with zero attached hydrogens (tertiary/aromatic N) is 4. The summed E-state index contributed by atoms with van der Waals surface area (Å²) in [5, 5.41) is 9.96. The van der Waals surface area contributed by atoms with E-state index in [0.717, 1.165) is 0 Å². The van der Waals surface area contributed by atoms with E-state index < -0.39 is 19.3 Å². The fraction of sp³-hybridized carbons (Fsp3) is 0.118. The minimum absolute atomic E-state index is 0.0642. The summed E-state index contributed by atoms with van der Waals surface area (Å²) in [7, 11) is -3.37. The molecule has 0 spiro atoms. The lowest BCUT2D eigenvalue weighted by molar-refractivity contribution is 0.0938. The van der Waals surface area contributed by atoms with Gasteiger partial charge in [-0.3, -0.25) is 9.36 Å². The molecule has 0 bridgehead atoms. The van der Waals surface area contributed by atoms with Gasteiger partial charge in [-0.15, -0.1) is 5.10 Å². The molecule has 0 radical (unpaired) electrons. The molecular formula is C17H16N5O5P. The van der Waals surface area contributed by atoms with Gasteiger partial charge in [0.25, 0.3) is 5.91 Å². The second-order valence-corrected chi connectivity index (χ2v) is 7.30. The van der Waals surface area contributed by atoms with Crippen LogP contribution in [0.25, 0.3) is 11.5 Å². The summed E-state index contributed by atoms with van der Waals surface area (Å²) < 4.78 is 17.0. The van der Waals surface area contributed by atoms with Crippen molar-refractivity contribution in [2.45, 2.75) is 5.78 Å². The number of methoxy groups -OCH3 is 1. The Bertz CT molecular complexity index is 1010. The number of amides is 1. The molecule has 144 valence electrons. The van der Waals surface area contributed by atoms with Crippen molar-refractivity contribution in [3.05, 3.63) is 66.0 Å². The highest BCUT2D eigenvalue weighted by Gasteiger charge is 2.33. The Morgan fingerprint density at radius 1 is 1.18 bits per heavy atom. The van der Waals surface area contributed by atoms with Gasteiger partial charge in [-0.05, 0) is 17.7 Å². The van der Waals surface area contributed by atoms with Crippen LogP contribution in [0.3, 0.4) is 0 Å². The van der Waals surface area contributed by atoms with Crippen LogP contribution in [-0.4, -0.2) is 43.0 Å². The molecule has 0 saturated heterocycles. The van der Waals surface area contributed by atoms with Gasteiger partial charge in [0.2, 0.25) is 5.88 Å². The molecule has 0 aliphatic carbocycles. The van der Waals surface area contributed by atoms with E-state index in [1.807, 2.05) is 0 Å². The number of hydrogen-bond acceptors (Lipinski definition) is 7. The Hall–Kier alpha value is -3.20. The van der Waals surface area contributed by atoms with E-state index in [2.05, 4.69) is 25.5 Å². The van der Waals surface area contributed by atoms with Gasteiger partial charge in [-0.1, -0.05) is 30.3 Å². The standard InChI is InChI=1S/C17H16N5O5P/c1-27-16-12(10-18-14(20-16)13-8-5-9-19-22-13)15(23)21-17(28(24,25)26)11-6-3-2-4-7-11/h2-10,17H,1H3,(H,21,23)(H2,24,25,26). The predicted molar refractivity (Wildman–Crippen MR) is 98.3 cm³/mol. The van der Waals surface area contributed by atoms with E-state index in [0.29, 0.717) is 5.69 Å². The molecule has 3 N–H and O–H groups in total. The van der Waals surface area contributed by atoms with Crippen LogP contribution in [0.4, 0.5) is 0 Å². The molecule has 0 aliphatic heterocycles. The van der Waals surface area contributed by atoms with E-state index in [4.69, 9.17) is 4.74 Å². The Kier molecular flexibility index (Phi) is 5.74. The SMILES string of the molecule is COc1nc(-c2cccnn2)ncc1C(=O)NC(c1ccccc1)P(=O)(O)O. The number of rotatable bonds is 6. The van der Waals surface area contributed by atoms with Crippen molar-refractivity contribution >= 4 is 13.5 Å². The average molecular weight is 401 g/mol. The monoisotopic (exact) mass is 401 g/mol. The van der Waals surface area contributed by atoms with Gasteiger partial charge in [0.05, 0.1) is 7.11 Å². The number of nitrogens with one attached hydrogen (secondary N) is 1. The highest BCUT2D eigenvalue weighted by molar-refractivity contribution is 7.52. The van der Waals surface area contributed by atoms with Gasteiger partial charge in [0.1, 0.15) is 11.3 Å². The Morgan fingerprint density at radius 2 is 1.93 bits per heavy atom. The van der Waals surface area contributed by atoms with Gasteiger partial charge < -0.3 is 19.8 Å². The zero-order chi connectivity index (χ0) is 20.1. The first kappa shape index (κ1) is 19.6. The van der Waals surface area contributed by atoms with Crippen LogP contribution in [0.1, 0.15) is 21.7 Å². The Balaban J connectivity index is 1.92. The number of hydrogen-bond donors (Lipinski definition) is 3. The fourth-order valence-corrected chi connectivity index (χ4v) is 3.27. The molecule has 0 fully saturated rings. The summed E-state index contributed by atoms with van der Waals surface area (Å²) in [6, 6.07) is 11.2. The lowest BCUT2D eigenvalue weighted by Gasteiger charge is -2.20. The van der Waals surface area contributed by atoms with E-state index in [1.54, 1.807) is 30.3 Å². The molecular weight excluding hydrogens is 385 g/mol. The van der Waals surface area contributed by atoms with Crippen molar-refractivity contribution in [3.8, 4) is 17.4 Å². The van der Waals surface area contributed by atoms with E-state index in [-0.39, 0.29) is 22.8 Å². The lowest BCUT2D eigenvalue weighted by Crippen LogP contribution is -2.29. The normalized spacial score (nSPS) is 12.2. The van der Waals surface area contributed by atoms with Crippen LogP contribution < -0.4 is 10.1 Å². The summed E-state index contributed by atoms with van der Waals surface area (Å²) >= 11 is 0.